The van der Waals surface area contributed by atoms with E-state index in [1.165, 1.54) is 5.69 Å². The summed E-state index contributed by atoms with van der Waals surface area (Å²) < 4.78 is 16.0. The van der Waals surface area contributed by atoms with E-state index in [1.807, 2.05) is 42.5 Å². The van der Waals surface area contributed by atoms with Crippen molar-refractivity contribution in [1.82, 2.24) is 10.6 Å². The van der Waals surface area contributed by atoms with Crippen LogP contribution in [0.25, 0.3) is 0 Å². The highest BCUT2D eigenvalue weighted by molar-refractivity contribution is 5.94. The Morgan fingerprint density at radius 3 is 2.59 bits per heavy atom. The average molecular weight is 440 g/mol. The Hall–Kier alpha value is -2.77. The van der Waals surface area contributed by atoms with Crippen molar-refractivity contribution in [1.29, 1.82) is 0 Å². The molecule has 7 heteroatoms. The standard InChI is InChI=1S/C25H33N3O4/c1-3-20(16-30-2)27-21-10-12-28(13-11-21)22-7-5-19(6-8-22)25(29)26-15-18-4-9-23-24(14-18)32-17-31-23/h4-9,14,20-21,27H,3,10-13,15-17H2,1-2H3,(H,26,29)/t20-/m1/s1. The predicted molar refractivity (Wildman–Crippen MR) is 125 cm³/mol. The number of anilines is 1. The zero-order chi connectivity index (χ0) is 22.3. The smallest absolute Gasteiger partial charge is 0.251 e. The van der Waals surface area contributed by atoms with Gasteiger partial charge in [0.2, 0.25) is 6.79 Å². The lowest BCUT2D eigenvalue weighted by molar-refractivity contribution is 0.0951. The molecule has 0 unspecified atom stereocenters. The average Bonchev–Trinajstić information content (AvgIpc) is 3.31. The molecule has 0 aromatic heterocycles. The molecule has 1 fully saturated rings. The third-order valence-corrected chi connectivity index (χ3v) is 6.21. The van der Waals surface area contributed by atoms with E-state index in [9.17, 15) is 4.79 Å². The van der Waals surface area contributed by atoms with Crippen LogP contribution in [0.2, 0.25) is 0 Å². The molecule has 32 heavy (non-hydrogen) atoms. The molecule has 1 saturated heterocycles. The molecule has 0 radical (unpaired) electrons. The number of nitrogens with zero attached hydrogens (tertiary/aromatic N) is 1. The number of carbonyl (C=O) groups is 1. The largest absolute Gasteiger partial charge is 0.454 e. The van der Waals surface area contributed by atoms with E-state index in [1.54, 1.807) is 7.11 Å². The van der Waals surface area contributed by atoms with Crippen LogP contribution in [0.3, 0.4) is 0 Å². The summed E-state index contributed by atoms with van der Waals surface area (Å²) in [6, 6.07) is 14.6. The first-order chi connectivity index (χ1) is 15.7. The molecule has 0 saturated carbocycles. The van der Waals surface area contributed by atoms with E-state index in [0.29, 0.717) is 24.2 Å². The van der Waals surface area contributed by atoms with Crippen LogP contribution in [-0.2, 0) is 11.3 Å². The molecule has 7 nitrogen and oxygen atoms in total. The Bertz CT molecular complexity index is 895. The van der Waals surface area contributed by atoms with Crippen molar-refractivity contribution in [3.8, 4) is 11.5 Å². The highest BCUT2D eigenvalue weighted by Gasteiger charge is 2.21. The van der Waals surface area contributed by atoms with Gasteiger partial charge in [-0.1, -0.05) is 13.0 Å². The number of ether oxygens (including phenoxy) is 3. The summed E-state index contributed by atoms with van der Waals surface area (Å²) in [6.45, 7) is 5.67. The van der Waals surface area contributed by atoms with Crippen molar-refractivity contribution in [2.24, 2.45) is 0 Å². The number of piperidine rings is 1. The van der Waals surface area contributed by atoms with Gasteiger partial charge in [0, 0.05) is 50.1 Å². The van der Waals surface area contributed by atoms with Gasteiger partial charge in [0.25, 0.3) is 5.91 Å². The molecule has 4 rings (SSSR count). The fourth-order valence-corrected chi connectivity index (χ4v) is 4.28. The molecule has 2 aliphatic heterocycles. The van der Waals surface area contributed by atoms with Crippen molar-refractivity contribution in [3.63, 3.8) is 0 Å². The molecule has 0 aliphatic carbocycles. The topological polar surface area (TPSA) is 72.1 Å². The Balaban J connectivity index is 1.25. The van der Waals surface area contributed by atoms with Gasteiger partial charge >= 0.3 is 0 Å². The van der Waals surface area contributed by atoms with Crippen LogP contribution in [0, 0.1) is 0 Å². The minimum absolute atomic E-state index is 0.0825. The number of nitrogens with one attached hydrogen (secondary N) is 2. The van der Waals surface area contributed by atoms with E-state index in [2.05, 4.69) is 22.5 Å². The van der Waals surface area contributed by atoms with E-state index in [0.717, 1.165) is 56.0 Å². The predicted octanol–water partition coefficient (Wildman–Crippen LogP) is 3.33. The second kappa shape index (κ2) is 10.7. The van der Waals surface area contributed by atoms with Crippen LogP contribution >= 0.6 is 0 Å². The summed E-state index contributed by atoms with van der Waals surface area (Å²) >= 11 is 0. The summed E-state index contributed by atoms with van der Waals surface area (Å²) in [4.78, 5) is 15.0. The highest BCUT2D eigenvalue weighted by atomic mass is 16.7. The lowest BCUT2D eigenvalue weighted by Crippen LogP contribution is -2.47. The maximum Gasteiger partial charge on any atom is 0.251 e. The minimum Gasteiger partial charge on any atom is -0.454 e. The Kier molecular flexibility index (Phi) is 7.50. The SMILES string of the molecule is CC[C@H](COC)NC1CCN(c2ccc(C(=O)NCc3ccc4c(c3)OCO4)cc2)CC1. The summed E-state index contributed by atoms with van der Waals surface area (Å²) in [5, 5.41) is 6.70. The number of hydrogen-bond donors (Lipinski definition) is 2. The van der Waals surface area contributed by atoms with Crippen LogP contribution in [0.15, 0.2) is 42.5 Å². The fraction of sp³-hybridized carbons (Fsp3) is 0.480. The number of rotatable bonds is 9. The van der Waals surface area contributed by atoms with Gasteiger partial charge in [0.15, 0.2) is 11.5 Å². The third-order valence-electron chi connectivity index (χ3n) is 6.21. The molecule has 1 amide bonds. The molecule has 2 aromatic carbocycles. The van der Waals surface area contributed by atoms with Gasteiger partial charge in [-0.15, -0.1) is 0 Å². The van der Waals surface area contributed by atoms with Crippen LogP contribution < -0.4 is 25.0 Å². The zero-order valence-corrected chi connectivity index (χ0v) is 18.9. The second-order valence-corrected chi connectivity index (χ2v) is 8.41. The molecular formula is C25H33N3O4. The monoisotopic (exact) mass is 439 g/mol. The molecule has 0 bridgehead atoms. The quantitative estimate of drug-likeness (QED) is 0.625. The maximum atomic E-state index is 12.6. The number of hydrogen-bond acceptors (Lipinski definition) is 6. The highest BCUT2D eigenvalue weighted by Crippen LogP contribution is 2.32. The third kappa shape index (κ3) is 5.53. The van der Waals surface area contributed by atoms with Crippen molar-refractivity contribution >= 4 is 11.6 Å². The molecular weight excluding hydrogens is 406 g/mol. The van der Waals surface area contributed by atoms with Crippen LogP contribution in [0.5, 0.6) is 11.5 Å². The summed E-state index contributed by atoms with van der Waals surface area (Å²) in [6.07, 6.45) is 3.29. The van der Waals surface area contributed by atoms with Crippen LogP contribution in [0.1, 0.15) is 42.1 Å². The van der Waals surface area contributed by atoms with Crippen molar-refractivity contribution in [3.05, 3.63) is 53.6 Å². The van der Waals surface area contributed by atoms with Crippen LogP contribution in [0.4, 0.5) is 5.69 Å². The van der Waals surface area contributed by atoms with Gasteiger partial charge in [0.05, 0.1) is 6.61 Å². The lowest BCUT2D eigenvalue weighted by Gasteiger charge is -2.35. The van der Waals surface area contributed by atoms with Crippen LogP contribution in [-0.4, -0.2) is 51.6 Å². The molecule has 2 aliphatic rings. The summed E-state index contributed by atoms with van der Waals surface area (Å²) in [5.41, 5.74) is 2.81. The lowest BCUT2D eigenvalue weighted by atomic mass is 10.0. The van der Waals surface area contributed by atoms with Gasteiger partial charge in [-0.3, -0.25) is 4.79 Å². The van der Waals surface area contributed by atoms with Crippen molar-refractivity contribution < 1.29 is 19.0 Å². The number of carbonyl (C=O) groups excluding carboxylic acids is 1. The fourth-order valence-electron chi connectivity index (χ4n) is 4.28. The van der Waals surface area contributed by atoms with Gasteiger partial charge in [0.1, 0.15) is 0 Å². The number of amides is 1. The molecule has 0 spiro atoms. The maximum absolute atomic E-state index is 12.6. The first-order valence-corrected chi connectivity index (χ1v) is 11.4. The number of fused-ring (bicyclic) bond motifs is 1. The van der Waals surface area contributed by atoms with Gasteiger partial charge in [-0.2, -0.15) is 0 Å². The molecule has 1 atom stereocenters. The van der Waals surface area contributed by atoms with Gasteiger partial charge < -0.3 is 29.7 Å². The Labute approximate surface area is 190 Å². The van der Waals surface area contributed by atoms with E-state index < -0.39 is 0 Å². The van der Waals surface area contributed by atoms with E-state index in [4.69, 9.17) is 14.2 Å². The first kappa shape index (κ1) is 22.4. The van der Waals surface area contributed by atoms with Gasteiger partial charge in [-0.25, -0.2) is 0 Å². The molecule has 2 heterocycles. The van der Waals surface area contributed by atoms with E-state index >= 15 is 0 Å². The normalized spacial score (nSPS) is 16.8. The van der Waals surface area contributed by atoms with E-state index in [-0.39, 0.29) is 12.7 Å². The number of benzene rings is 2. The molecule has 2 N–H and O–H groups in total. The second-order valence-electron chi connectivity index (χ2n) is 8.41. The zero-order valence-electron chi connectivity index (χ0n) is 18.9. The summed E-state index contributed by atoms with van der Waals surface area (Å²) in [5.74, 6) is 1.39. The van der Waals surface area contributed by atoms with Gasteiger partial charge in [-0.05, 0) is 61.2 Å². The Morgan fingerprint density at radius 1 is 1.12 bits per heavy atom. The van der Waals surface area contributed by atoms with Crippen molar-refractivity contribution in [2.45, 2.75) is 44.8 Å². The molecule has 172 valence electrons. The molecule has 2 aromatic rings. The van der Waals surface area contributed by atoms with Crippen molar-refractivity contribution in [2.75, 3.05) is 38.5 Å². The Morgan fingerprint density at radius 2 is 1.88 bits per heavy atom. The summed E-state index contributed by atoms with van der Waals surface area (Å²) in [7, 11) is 1.76. The number of methoxy groups -OCH3 is 1. The minimum atomic E-state index is -0.0825. The first-order valence-electron chi connectivity index (χ1n) is 11.4.